The Bertz CT molecular complexity index is 1720. The van der Waals surface area contributed by atoms with E-state index in [4.69, 9.17) is 19.4 Å². The lowest BCUT2D eigenvalue weighted by Gasteiger charge is -2.16. The summed E-state index contributed by atoms with van der Waals surface area (Å²) in [5, 5.41) is 7.66. The van der Waals surface area contributed by atoms with E-state index < -0.39 is 0 Å². The lowest BCUT2D eigenvalue weighted by molar-refractivity contribution is -0.119. The first-order valence-corrected chi connectivity index (χ1v) is 17.9. The van der Waals surface area contributed by atoms with Crippen LogP contribution in [0.4, 0.5) is 0 Å². The van der Waals surface area contributed by atoms with E-state index in [9.17, 15) is 19.2 Å². The van der Waals surface area contributed by atoms with E-state index in [1.807, 2.05) is 12.1 Å². The summed E-state index contributed by atoms with van der Waals surface area (Å²) in [6.45, 7) is 2.89. The maximum Gasteiger partial charge on any atom is 0.262 e. The maximum atomic E-state index is 13.6. The minimum Gasteiger partial charge on any atom is -0.376 e. The van der Waals surface area contributed by atoms with Gasteiger partial charge in [0.2, 0.25) is 11.8 Å². The highest BCUT2D eigenvalue weighted by atomic mass is 32.2. The molecule has 2 atom stereocenters. The molecule has 2 fully saturated rings. The summed E-state index contributed by atoms with van der Waals surface area (Å²) in [5.74, 6) is -0.118. The van der Waals surface area contributed by atoms with Gasteiger partial charge in [0.05, 0.1) is 45.5 Å². The zero-order valence-electron chi connectivity index (χ0n) is 26.0. The number of carbonyl (C=O) groups excluding carboxylic acids is 2. The van der Waals surface area contributed by atoms with Crippen LogP contribution >= 0.6 is 23.5 Å². The van der Waals surface area contributed by atoms with Crippen LogP contribution in [-0.4, -0.2) is 80.9 Å². The predicted molar refractivity (Wildman–Crippen MR) is 182 cm³/mol. The molecule has 0 aliphatic carbocycles. The number of para-hydroxylation sites is 2. The Morgan fingerprint density at radius 3 is 1.60 bits per heavy atom. The van der Waals surface area contributed by atoms with Crippen molar-refractivity contribution in [1.29, 1.82) is 0 Å². The van der Waals surface area contributed by atoms with Crippen molar-refractivity contribution in [1.82, 2.24) is 29.7 Å². The lowest BCUT2D eigenvalue weighted by atomic mass is 10.2. The normalized spacial score (nSPS) is 17.8. The summed E-state index contributed by atoms with van der Waals surface area (Å²) in [6.07, 6.45) is 4.34. The molecule has 0 saturated carbocycles. The SMILES string of the molecule is O=C(CSc1nc2ccccc2c(=O)n1CCCn1c(SCC(=O)NC[C@@H]2CCCO2)nc2ccccc2c1=O)NC[C@@H]1CCCO1. The summed E-state index contributed by atoms with van der Waals surface area (Å²) in [7, 11) is 0. The van der Waals surface area contributed by atoms with Crippen molar-refractivity contribution in [3.05, 3.63) is 69.2 Å². The molecule has 6 rings (SSSR count). The van der Waals surface area contributed by atoms with Gasteiger partial charge in [-0.2, -0.15) is 0 Å². The highest BCUT2D eigenvalue weighted by Crippen LogP contribution is 2.21. The van der Waals surface area contributed by atoms with Gasteiger partial charge in [0.25, 0.3) is 11.1 Å². The number of hydrogen-bond donors (Lipinski definition) is 2. The van der Waals surface area contributed by atoms with Crippen LogP contribution in [0.2, 0.25) is 0 Å². The summed E-state index contributed by atoms with van der Waals surface area (Å²) in [5.41, 5.74) is 0.698. The van der Waals surface area contributed by atoms with Gasteiger partial charge in [0.15, 0.2) is 10.3 Å². The minimum atomic E-state index is -0.209. The number of benzene rings is 2. The molecular formula is C33H38N6O6S2. The van der Waals surface area contributed by atoms with Crippen molar-refractivity contribution < 1.29 is 19.1 Å². The second-order valence-corrected chi connectivity index (χ2v) is 13.4. The van der Waals surface area contributed by atoms with E-state index in [0.29, 0.717) is 51.6 Å². The van der Waals surface area contributed by atoms with E-state index in [1.54, 1.807) is 45.5 Å². The van der Waals surface area contributed by atoms with Crippen LogP contribution in [-0.2, 0) is 32.2 Å². The summed E-state index contributed by atoms with van der Waals surface area (Å²) in [4.78, 5) is 62.0. The van der Waals surface area contributed by atoms with Crippen LogP contribution in [0.3, 0.4) is 0 Å². The van der Waals surface area contributed by atoms with Gasteiger partial charge >= 0.3 is 0 Å². The van der Waals surface area contributed by atoms with Gasteiger partial charge in [-0.3, -0.25) is 28.3 Å². The molecule has 0 bridgehead atoms. The molecule has 0 spiro atoms. The molecule has 4 heterocycles. The van der Waals surface area contributed by atoms with Crippen LogP contribution < -0.4 is 21.8 Å². The molecule has 2 aromatic heterocycles. The third-order valence-corrected chi connectivity index (χ3v) is 10.1. The number of amides is 2. The zero-order chi connectivity index (χ0) is 32.6. The Hall–Kier alpha value is -3.72. The van der Waals surface area contributed by atoms with Gasteiger partial charge in [-0.25, -0.2) is 9.97 Å². The molecule has 2 aromatic carbocycles. The molecule has 2 aliphatic heterocycles. The number of fused-ring (bicyclic) bond motifs is 2. The van der Waals surface area contributed by atoms with E-state index in [1.165, 1.54) is 23.5 Å². The topological polar surface area (TPSA) is 146 Å². The second kappa shape index (κ2) is 15.9. The Kier molecular flexibility index (Phi) is 11.2. The van der Waals surface area contributed by atoms with Crippen LogP contribution in [0, 0.1) is 0 Å². The molecular weight excluding hydrogens is 641 g/mol. The Labute approximate surface area is 280 Å². The number of ether oxygens (including phenoxy) is 2. The fourth-order valence-electron chi connectivity index (χ4n) is 5.73. The fraction of sp³-hybridized carbons (Fsp3) is 0.455. The van der Waals surface area contributed by atoms with Gasteiger partial charge in [-0.1, -0.05) is 47.8 Å². The number of thioether (sulfide) groups is 2. The summed E-state index contributed by atoms with van der Waals surface area (Å²) >= 11 is 2.41. The highest BCUT2D eigenvalue weighted by Gasteiger charge is 2.20. The highest BCUT2D eigenvalue weighted by molar-refractivity contribution is 8.00. The monoisotopic (exact) mass is 678 g/mol. The van der Waals surface area contributed by atoms with E-state index >= 15 is 0 Å². The predicted octanol–water partition coefficient (Wildman–Crippen LogP) is 2.97. The van der Waals surface area contributed by atoms with E-state index in [0.717, 1.165) is 38.9 Å². The molecule has 12 nitrogen and oxygen atoms in total. The average molecular weight is 679 g/mol. The molecule has 2 N–H and O–H groups in total. The first kappa shape index (κ1) is 33.2. The van der Waals surface area contributed by atoms with Crippen molar-refractivity contribution in [2.75, 3.05) is 37.8 Å². The standard InChI is InChI=1S/C33H38N6O6S2/c40-28(34-18-22-8-5-16-44-22)20-46-32-36-26-12-3-1-10-24(26)30(42)38(32)14-7-15-39-31(43)25-11-2-4-13-27(25)37-33(39)47-21-29(41)35-19-23-9-6-17-45-23/h1-4,10-13,22-23H,5-9,14-21H2,(H,34,40)(H,35,41)/t22-,23-/m0/s1. The van der Waals surface area contributed by atoms with Gasteiger partial charge in [-0.15, -0.1) is 0 Å². The van der Waals surface area contributed by atoms with Gasteiger partial charge in [0.1, 0.15) is 0 Å². The average Bonchev–Trinajstić information content (AvgIpc) is 3.82. The molecule has 0 radical (unpaired) electrons. The van der Waals surface area contributed by atoms with Crippen molar-refractivity contribution in [3.8, 4) is 0 Å². The Morgan fingerprint density at radius 2 is 1.17 bits per heavy atom. The number of carbonyl (C=O) groups is 2. The van der Waals surface area contributed by atoms with Crippen LogP contribution in [0.25, 0.3) is 21.8 Å². The largest absolute Gasteiger partial charge is 0.376 e. The van der Waals surface area contributed by atoms with E-state index in [-0.39, 0.29) is 59.7 Å². The van der Waals surface area contributed by atoms with Crippen LogP contribution in [0.1, 0.15) is 32.1 Å². The smallest absolute Gasteiger partial charge is 0.262 e. The minimum absolute atomic E-state index is 0.0397. The molecule has 4 aromatic rings. The molecule has 47 heavy (non-hydrogen) atoms. The summed E-state index contributed by atoms with van der Waals surface area (Å²) in [6, 6.07) is 14.3. The number of hydrogen-bond acceptors (Lipinski definition) is 10. The zero-order valence-corrected chi connectivity index (χ0v) is 27.7. The van der Waals surface area contributed by atoms with Gasteiger partial charge in [0, 0.05) is 39.4 Å². The molecule has 0 unspecified atom stereocenters. The molecule has 248 valence electrons. The number of nitrogens with zero attached hydrogens (tertiary/aromatic N) is 4. The Balaban J connectivity index is 1.17. The molecule has 2 aliphatic rings. The fourth-order valence-corrected chi connectivity index (χ4v) is 7.44. The molecule has 2 amide bonds. The molecule has 14 heteroatoms. The van der Waals surface area contributed by atoms with Crippen LogP contribution in [0.5, 0.6) is 0 Å². The van der Waals surface area contributed by atoms with Crippen molar-refractivity contribution in [3.63, 3.8) is 0 Å². The lowest BCUT2D eigenvalue weighted by Crippen LogP contribution is -2.33. The first-order valence-electron chi connectivity index (χ1n) is 16.0. The van der Waals surface area contributed by atoms with Crippen molar-refractivity contribution in [2.24, 2.45) is 0 Å². The summed E-state index contributed by atoms with van der Waals surface area (Å²) < 4.78 is 14.3. The van der Waals surface area contributed by atoms with Crippen LogP contribution in [0.15, 0.2) is 68.4 Å². The third-order valence-electron chi connectivity index (χ3n) is 8.18. The first-order chi connectivity index (χ1) is 23.0. The third kappa shape index (κ3) is 8.42. The maximum absolute atomic E-state index is 13.6. The van der Waals surface area contributed by atoms with Gasteiger partial charge < -0.3 is 20.1 Å². The van der Waals surface area contributed by atoms with Crippen molar-refractivity contribution in [2.45, 2.75) is 67.7 Å². The van der Waals surface area contributed by atoms with E-state index in [2.05, 4.69) is 10.6 Å². The van der Waals surface area contributed by atoms with Gasteiger partial charge in [-0.05, 0) is 56.4 Å². The quantitative estimate of drug-likeness (QED) is 0.151. The molecule has 2 saturated heterocycles. The van der Waals surface area contributed by atoms with Crippen molar-refractivity contribution >= 4 is 57.1 Å². The Morgan fingerprint density at radius 1 is 0.723 bits per heavy atom. The number of nitrogens with one attached hydrogen (secondary N) is 2. The second-order valence-electron chi connectivity index (χ2n) is 11.5. The number of aromatic nitrogens is 4. The number of rotatable bonds is 14.